The van der Waals surface area contributed by atoms with Gasteiger partial charge in [-0.25, -0.2) is 8.42 Å². The molecule has 0 fully saturated rings. The van der Waals surface area contributed by atoms with E-state index >= 15 is 0 Å². The van der Waals surface area contributed by atoms with Gasteiger partial charge in [-0.2, -0.15) is 0 Å². The van der Waals surface area contributed by atoms with Crippen LogP contribution in [-0.2, 0) is 9.84 Å². The molecule has 20 heavy (non-hydrogen) atoms. The summed E-state index contributed by atoms with van der Waals surface area (Å²) in [6, 6.07) is 5.88. The summed E-state index contributed by atoms with van der Waals surface area (Å²) in [5.41, 5.74) is 8.95. The van der Waals surface area contributed by atoms with Gasteiger partial charge in [-0.15, -0.1) is 0 Å². The van der Waals surface area contributed by atoms with E-state index in [0.29, 0.717) is 0 Å². The van der Waals surface area contributed by atoms with Crippen LogP contribution in [-0.4, -0.2) is 31.9 Å². The first kappa shape index (κ1) is 16.5. The predicted molar refractivity (Wildman–Crippen MR) is 85.0 cm³/mol. The van der Waals surface area contributed by atoms with Crippen LogP contribution in [0.15, 0.2) is 23.2 Å². The van der Waals surface area contributed by atoms with Crippen molar-refractivity contribution in [2.24, 2.45) is 10.7 Å². The number of aryl methyl sites for hydroxylation is 2. The molecule has 0 amide bonds. The van der Waals surface area contributed by atoms with Crippen molar-refractivity contribution in [3.8, 4) is 0 Å². The molecule has 5 nitrogen and oxygen atoms in total. The maximum atomic E-state index is 11.6. The number of anilines is 1. The minimum atomic E-state index is -3.07. The second-order valence-electron chi connectivity index (χ2n) is 5.11. The van der Waals surface area contributed by atoms with E-state index in [1.165, 1.54) is 5.56 Å². The molecular weight excluding hydrogens is 274 g/mol. The number of aliphatic imine (C=N–C) groups is 1. The fourth-order valence-corrected chi connectivity index (χ4v) is 2.35. The zero-order valence-electron chi connectivity index (χ0n) is 12.5. The molecule has 0 saturated heterocycles. The van der Waals surface area contributed by atoms with Crippen LogP contribution in [0.1, 0.15) is 25.0 Å². The standard InChI is InChI=1S/C14H23N3O2S/c1-10(2)20(18,19)8-7-16-14(15)17-13-6-5-11(3)12(4)9-13/h5-6,9-10H,7-8H2,1-4H3,(H3,15,16,17). The lowest BCUT2D eigenvalue weighted by atomic mass is 10.1. The van der Waals surface area contributed by atoms with E-state index in [-0.39, 0.29) is 23.5 Å². The summed E-state index contributed by atoms with van der Waals surface area (Å²) in [5, 5.41) is 2.58. The van der Waals surface area contributed by atoms with Crippen LogP contribution >= 0.6 is 0 Å². The highest BCUT2D eigenvalue weighted by molar-refractivity contribution is 7.92. The number of nitrogens with one attached hydrogen (secondary N) is 1. The third kappa shape index (κ3) is 4.85. The molecule has 0 radical (unpaired) electrons. The lowest BCUT2D eigenvalue weighted by molar-refractivity contribution is 0.587. The van der Waals surface area contributed by atoms with Crippen molar-refractivity contribution in [3.63, 3.8) is 0 Å². The maximum Gasteiger partial charge on any atom is 0.193 e. The Morgan fingerprint density at radius 3 is 2.50 bits per heavy atom. The number of guanidine groups is 1. The normalized spacial score (nSPS) is 12.8. The molecule has 0 aliphatic carbocycles. The van der Waals surface area contributed by atoms with Crippen molar-refractivity contribution in [1.29, 1.82) is 0 Å². The minimum absolute atomic E-state index is 0.0139. The SMILES string of the molecule is Cc1ccc(NC(N)=NCCS(=O)(=O)C(C)C)cc1C. The number of hydrogen-bond acceptors (Lipinski definition) is 3. The van der Waals surface area contributed by atoms with Crippen molar-refractivity contribution in [1.82, 2.24) is 0 Å². The van der Waals surface area contributed by atoms with Gasteiger partial charge < -0.3 is 11.1 Å². The fraction of sp³-hybridized carbons (Fsp3) is 0.500. The van der Waals surface area contributed by atoms with E-state index in [1.54, 1.807) is 13.8 Å². The summed E-state index contributed by atoms with van der Waals surface area (Å²) < 4.78 is 23.2. The highest BCUT2D eigenvalue weighted by atomic mass is 32.2. The van der Waals surface area contributed by atoms with Gasteiger partial charge in [-0.05, 0) is 51.0 Å². The first-order valence-electron chi connectivity index (χ1n) is 6.58. The van der Waals surface area contributed by atoms with Crippen LogP contribution in [0.25, 0.3) is 0 Å². The van der Waals surface area contributed by atoms with E-state index in [9.17, 15) is 8.42 Å². The maximum absolute atomic E-state index is 11.6. The Hall–Kier alpha value is -1.56. The molecule has 0 aliphatic heterocycles. The van der Waals surface area contributed by atoms with E-state index in [1.807, 2.05) is 32.0 Å². The van der Waals surface area contributed by atoms with Crippen LogP contribution < -0.4 is 11.1 Å². The lowest BCUT2D eigenvalue weighted by Crippen LogP contribution is -2.25. The Labute approximate surface area is 121 Å². The number of nitrogens with zero attached hydrogens (tertiary/aromatic N) is 1. The van der Waals surface area contributed by atoms with Crippen molar-refractivity contribution in [3.05, 3.63) is 29.3 Å². The molecule has 0 unspecified atom stereocenters. The molecule has 0 atom stereocenters. The zero-order chi connectivity index (χ0) is 15.3. The molecule has 0 bridgehead atoms. The van der Waals surface area contributed by atoms with Crippen molar-refractivity contribution in [2.75, 3.05) is 17.6 Å². The Bertz CT molecular complexity index is 592. The summed E-state index contributed by atoms with van der Waals surface area (Å²) in [6.45, 7) is 7.55. The lowest BCUT2D eigenvalue weighted by Gasteiger charge is -2.09. The summed E-state index contributed by atoms with van der Waals surface area (Å²) in [5.74, 6) is 0.243. The van der Waals surface area contributed by atoms with E-state index < -0.39 is 9.84 Å². The number of benzene rings is 1. The number of sulfone groups is 1. The summed E-state index contributed by atoms with van der Waals surface area (Å²) in [4.78, 5) is 4.04. The second kappa shape index (κ2) is 6.74. The minimum Gasteiger partial charge on any atom is -0.370 e. The predicted octanol–water partition coefficient (Wildman–Crippen LogP) is 1.85. The smallest absolute Gasteiger partial charge is 0.193 e. The average Bonchev–Trinajstić information content (AvgIpc) is 2.33. The van der Waals surface area contributed by atoms with Gasteiger partial charge in [0.15, 0.2) is 15.8 Å². The quantitative estimate of drug-likeness (QED) is 0.641. The van der Waals surface area contributed by atoms with E-state index in [4.69, 9.17) is 5.73 Å². The largest absolute Gasteiger partial charge is 0.370 e. The summed E-state index contributed by atoms with van der Waals surface area (Å²) in [7, 11) is -3.07. The van der Waals surface area contributed by atoms with Crippen LogP contribution in [0.5, 0.6) is 0 Å². The van der Waals surface area contributed by atoms with Gasteiger partial charge >= 0.3 is 0 Å². The number of nitrogens with two attached hydrogens (primary N) is 1. The molecule has 0 aliphatic rings. The fourth-order valence-electron chi connectivity index (χ4n) is 1.54. The molecule has 3 N–H and O–H groups in total. The molecule has 1 aromatic carbocycles. The van der Waals surface area contributed by atoms with Gasteiger partial charge in [0, 0.05) is 5.69 Å². The molecule has 0 heterocycles. The van der Waals surface area contributed by atoms with Gasteiger partial charge in [0.25, 0.3) is 0 Å². The van der Waals surface area contributed by atoms with Gasteiger partial charge in [0.05, 0.1) is 17.5 Å². The molecule has 0 spiro atoms. The number of hydrogen-bond donors (Lipinski definition) is 2. The van der Waals surface area contributed by atoms with Crippen molar-refractivity contribution >= 4 is 21.5 Å². The molecule has 1 aromatic rings. The molecule has 112 valence electrons. The highest BCUT2D eigenvalue weighted by Crippen LogP contribution is 2.13. The van der Waals surface area contributed by atoms with Gasteiger partial charge in [-0.3, -0.25) is 4.99 Å². The van der Waals surface area contributed by atoms with E-state index in [0.717, 1.165) is 11.3 Å². The Morgan fingerprint density at radius 1 is 1.30 bits per heavy atom. The third-order valence-electron chi connectivity index (χ3n) is 3.16. The molecular formula is C14H23N3O2S. The Balaban J connectivity index is 2.60. The Morgan fingerprint density at radius 2 is 1.95 bits per heavy atom. The topological polar surface area (TPSA) is 84.5 Å². The zero-order valence-corrected chi connectivity index (χ0v) is 13.3. The van der Waals surface area contributed by atoms with Gasteiger partial charge in [0.2, 0.25) is 0 Å². The van der Waals surface area contributed by atoms with Crippen LogP contribution in [0.4, 0.5) is 5.69 Å². The van der Waals surface area contributed by atoms with Gasteiger partial charge in [0.1, 0.15) is 0 Å². The Kier molecular flexibility index (Phi) is 5.56. The summed E-state index contributed by atoms with van der Waals surface area (Å²) in [6.07, 6.45) is 0. The van der Waals surface area contributed by atoms with Crippen LogP contribution in [0, 0.1) is 13.8 Å². The number of rotatable bonds is 5. The van der Waals surface area contributed by atoms with Gasteiger partial charge in [-0.1, -0.05) is 6.07 Å². The summed E-state index contributed by atoms with van der Waals surface area (Å²) >= 11 is 0. The average molecular weight is 297 g/mol. The highest BCUT2D eigenvalue weighted by Gasteiger charge is 2.14. The second-order valence-corrected chi connectivity index (χ2v) is 7.78. The third-order valence-corrected chi connectivity index (χ3v) is 5.34. The molecule has 0 saturated carbocycles. The molecule has 1 rings (SSSR count). The van der Waals surface area contributed by atoms with Crippen molar-refractivity contribution in [2.45, 2.75) is 32.9 Å². The van der Waals surface area contributed by atoms with E-state index in [2.05, 4.69) is 10.3 Å². The monoisotopic (exact) mass is 297 g/mol. The first-order chi connectivity index (χ1) is 9.22. The molecule has 0 aromatic heterocycles. The van der Waals surface area contributed by atoms with Crippen LogP contribution in [0.3, 0.4) is 0 Å². The van der Waals surface area contributed by atoms with Crippen LogP contribution in [0.2, 0.25) is 0 Å². The first-order valence-corrected chi connectivity index (χ1v) is 8.29. The van der Waals surface area contributed by atoms with Crippen molar-refractivity contribution < 1.29 is 8.42 Å². The molecule has 6 heteroatoms.